The number of benzene rings is 1. The van der Waals surface area contributed by atoms with Crippen LogP contribution in [-0.2, 0) is 20.2 Å². The first-order chi connectivity index (χ1) is 8.45. The minimum atomic E-state index is -3.03. The Labute approximate surface area is 108 Å². The third-order valence-electron chi connectivity index (χ3n) is 3.60. The van der Waals surface area contributed by atoms with E-state index in [0.29, 0.717) is 0 Å². The van der Waals surface area contributed by atoms with Crippen molar-refractivity contribution >= 4 is 7.60 Å². The van der Waals surface area contributed by atoms with Crippen molar-refractivity contribution in [3.8, 4) is 0 Å². The molecule has 2 atom stereocenters. The molecule has 1 saturated heterocycles. The molecule has 1 aromatic rings. The van der Waals surface area contributed by atoms with Crippen LogP contribution in [0.2, 0.25) is 0 Å². The molecule has 0 radical (unpaired) electrons. The summed E-state index contributed by atoms with van der Waals surface area (Å²) in [6.45, 7) is 4.88. The topological polar surface area (TPSA) is 38.5 Å². The summed E-state index contributed by atoms with van der Waals surface area (Å²) >= 11 is 0. The number of rotatable bonds is 5. The molecule has 100 valence electrons. The summed E-state index contributed by atoms with van der Waals surface area (Å²) in [7, 11) is -0.143. The van der Waals surface area contributed by atoms with Crippen molar-refractivity contribution in [2.24, 2.45) is 0 Å². The van der Waals surface area contributed by atoms with Crippen molar-refractivity contribution in [3.63, 3.8) is 0 Å². The molecule has 1 heterocycles. The highest BCUT2D eigenvalue weighted by Crippen LogP contribution is 2.66. The van der Waals surface area contributed by atoms with Crippen LogP contribution in [0.3, 0.4) is 0 Å². The second kappa shape index (κ2) is 4.78. The van der Waals surface area contributed by atoms with Gasteiger partial charge in [-0.15, -0.1) is 0 Å². The largest absolute Gasteiger partial charge is 0.349 e. The van der Waals surface area contributed by atoms with E-state index < -0.39 is 7.60 Å². The molecule has 2 rings (SSSR count). The average Bonchev–Trinajstić information content (AvgIpc) is 2.92. The third kappa shape index (κ3) is 2.26. The predicted octanol–water partition coefficient (Wildman–Crippen LogP) is 3.09. The fourth-order valence-corrected chi connectivity index (χ4v) is 4.57. The molecule has 4 nitrogen and oxygen atoms in total. The van der Waals surface area contributed by atoms with E-state index in [1.54, 1.807) is 0 Å². The highest BCUT2D eigenvalue weighted by atomic mass is 31.2. The van der Waals surface area contributed by atoms with Crippen LogP contribution in [0.4, 0.5) is 0 Å². The van der Waals surface area contributed by atoms with Gasteiger partial charge in [0.15, 0.2) is 0 Å². The fourth-order valence-electron chi connectivity index (χ4n) is 2.44. The Kier molecular flexibility index (Phi) is 3.65. The first kappa shape index (κ1) is 13.8. The zero-order valence-electron chi connectivity index (χ0n) is 11.3. The maximum atomic E-state index is 12.4. The SMILES string of the molecule is COP(=O)(OC)C1N(Cc2ccccc2)C1(C)C. The van der Waals surface area contributed by atoms with Crippen LogP contribution in [0.25, 0.3) is 0 Å². The fraction of sp³-hybridized carbons (Fsp3) is 0.538. The molecule has 0 bridgehead atoms. The van der Waals surface area contributed by atoms with Gasteiger partial charge in [0.1, 0.15) is 5.78 Å². The molecule has 0 aliphatic carbocycles. The Balaban J connectivity index is 2.14. The van der Waals surface area contributed by atoms with Gasteiger partial charge in [-0.05, 0) is 19.4 Å². The zero-order valence-corrected chi connectivity index (χ0v) is 12.2. The molecule has 0 spiro atoms. The normalized spacial score (nSPS) is 26.0. The summed E-state index contributed by atoms with van der Waals surface area (Å²) in [5, 5.41) is 0. The van der Waals surface area contributed by atoms with Crippen molar-refractivity contribution in [2.75, 3.05) is 14.2 Å². The van der Waals surface area contributed by atoms with Crippen LogP contribution >= 0.6 is 7.60 Å². The molecular formula is C13H20NO3P. The molecule has 0 amide bonds. The predicted molar refractivity (Wildman–Crippen MR) is 71.5 cm³/mol. The lowest BCUT2D eigenvalue weighted by molar-refractivity contribution is 0.267. The summed E-state index contributed by atoms with van der Waals surface area (Å²) in [5.41, 5.74) is 1.05. The molecule has 18 heavy (non-hydrogen) atoms. The van der Waals surface area contributed by atoms with Gasteiger partial charge in [-0.25, -0.2) is 0 Å². The van der Waals surface area contributed by atoms with Gasteiger partial charge in [0.25, 0.3) is 0 Å². The monoisotopic (exact) mass is 269 g/mol. The Morgan fingerprint density at radius 2 is 1.78 bits per heavy atom. The number of hydrogen-bond acceptors (Lipinski definition) is 4. The summed E-state index contributed by atoms with van der Waals surface area (Å²) in [6, 6.07) is 10.1. The van der Waals surface area contributed by atoms with Gasteiger partial charge in [-0.2, -0.15) is 0 Å². The number of nitrogens with zero attached hydrogens (tertiary/aromatic N) is 1. The lowest BCUT2D eigenvalue weighted by atomic mass is 10.2. The van der Waals surface area contributed by atoms with E-state index in [1.165, 1.54) is 19.8 Å². The molecule has 0 saturated carbocycles. The van der Waals surface area contributed by atoms with Crippen molar-refractivity contribution in [2.45, 2.75) is 31.7 Å². The Morgan fingerprint density at radius 1 is 1.22 bits per heavy atom. The van der Waals surface area contributed by atoms with Gasteiger partial charge in [-0.1, -0.05) is 30.3 Å². The van der Waals surface area contributed by atoms with E-state index in [9.17, 15) is 4.57 Å². The third-order valence-corrected chi connectivity index (χ3v) is 6.13. The second-order valence-electron chi connectivity index (χ2n) is 5.05. The molecular weight excluding hydrogens is 249 g/mol. The smallest absolute Gasteiger partial charge is 0.311 e. The van der Waals surface area contributed by atoms with E-state index in [-0.39, 0.29) is 11.3 Å². The maximum absolute atomic E-state index is 12.4. The first-order valence-corrected chi connectivity index (χ1v) is 7.59. The van der Waals surface area contributed by atoms with Crippen LogP contribution in [0.15, 0.2) is 30.3 Å². The summed E-state index contributed by atoms with van der Waals surface area (Å²) in [4.78, 5) is 2.15. The van der Waals surface area contributed by atoms with Crippen LogP contribution in [0, 0.1) is 0 Å². The first-order valence-electron chi connectivity index (χ1n) is 5.97. The highest BCUT2D eigenvalue weighted by Gasteiger charge is 2.65. The Bertz CT molecular complexity index is 453. The van der Waals surface area contributed by atoms with Crippen molar-refractivity contribution < 1.29 is 13.6 Å². The van der Waals surface area contributed by atoms with Crippen molar-refractivity contribution in [1.29, 1.82) is 0 Å². The Morgan fingerprint density at radius 3 is 2.28 bits per heavy atom. The molecule has 2 unspecified atom stereocenters. The van der Waals surface area contributed by atoms with Crippen LogP contribution in [0.5, 0.6) is 0 Å². The second-order valence-corrected chi connectivity index (χ2v) is 7.34. The minimum absolute atomic E-state index is 0.155. The van der Waals surface area contributed by atoms with Gasteiger partial charge in [-0.3, -0.25) is 9.46 Å². The summed E-state index contributed by atoms with van der Waals surface area (Å²) in [6.07, 6.45) is 0. The van der Waals surface area contributed by atoms with Crippen molar-refractivity contribution in [1.82, 2.24) is 4.90 Å². The van der Waals surface area contributed by atoms with Gasteiger partial charge >= 0.3 is 7.60 Å². The van der Waals surface area contributed by atoms with Gasteiger partial charge in [0.05, 0.1) is 0 Å². The quantitative estimate of drug-likeness (QED) is 0.608. The lowest BCUT2D eigenvalue weighted by Gasteiger charge is -2.13. The molecule has 1 aliphatic rings. The van der Waals surface area contributed by atoms with E-state index in [2.05, 4.69) is 30.9 Å². The van der Waals surface area contributed by atoms with E-state index in [0.717, 1.165) is 6.54 Å². The molecule has 1 fully saturated rings. The molecule has 1 aromatic carbocycles. The molecule has 0 aromatic heterocycles. The van der Waals surface area contributed by atoms with E-state index in [1.807, 2.05) is 18.2 Å². The molecule has 5 heteroatoms. The van der Waals surface area contributed by atoms with Gasteiger partial charge < -0.3 is 9.05 Å². The Hall–Kier alpha value is -0.670. The summed E-state index contributed by atoms with van der Waals surface area (Å²) < 4.78 is 22.7. The average molecular weight is 269 g/mol. The van der Waals surface area contributed by atoms with Crippen molar-refractivity contribution in [3.05, 3.63) is 35.9 Å². The highest BCUT2D eigenvalue weighted by molar-refractivity contribution is 7.55. The van der Waals surface area contributed by atoms with Gasteiger partial charge in [0, 0.05) is 26.3 Å². The standard InChI is InChI=1S/C13H20NO3P/c1-13(2)12(18(15,16-3)17-4)14(13)10-11-8-6-5-7-9-11/h5-9,12H,10H2,1-4H3. The van der Waals surface area contributed by atoms with E-state index in [4.69, 9.17) is 9.05 Å². The van der Waals surface area contributed by atoms with Crippen LogP contribution in [0.1, 0.15) is 19.4 Å². The zero-order chi connectivity index (χ0) is 13.4. The van der Waals surface area contributed by atoms with Gasteiger partial charge in [0.2, 0.25) is 0 Å². The van der Waals surface area contributed by atoms with E-state index >= 15 is 0 Å². The maximum Gasteiger partial charge on any atom is 0.349 e. The molecule has 1 aliphatic heterocycles. The van der Waals surface area contributed by atoms with Crippen LogP contribution in [-0.4, -0.2) is 30.4 Å². The minimum Gasteiger partial charge on any atom is -0.311 e. The van der Waals surface area contributed by atoms with Crippen LogP contribution < -0.4 is 0 Å². The summed E-state index contributed by atoms with van der Waals surface area (Å²) in [5.74, 6) is -0.166. The lowest BCUT2D eigenvalue weighted by Crippen LogP contribution is -2.08. The molecule has 0 N–H and O–H groups in total. The number of hydrogen-bond donors (Lipinski definition) is 0.